The number of benzene rings is 2. The zero-order valence-electron chi connectivity index (χ0n) is 16.5. The van der Waals surface area contributed by atoms with E-state index in [4.69, 9.17) is 11.6 Å². The van der Waals surface area contributed by atoms with Gasteiger partial charge in [0.15, 0.2) is 0 Å². The number of amides is 1. The molecule has 0 aromatic heterocycles. The third kappa shape index (κ3) is 3.88. The van der Waals surface area contributed by atoms with Crippen molar-refractivity contribution in [3.8, 4) is 0 Å². The zero-order valence-corrected chi connectivity index (χ0v) is 18.0. The molecule has 0 bridgehead atoms. The predicted octanol–water partition coefficient (Wildman–Crippen LogP) is 4.50. The van der Waals surface area contributed by atoms with Crippen LogP contribution in [0.5, 0.6) is 0 Å². The molecule has 1 atom stereocenters. The van der Waals surface area contributed by atoms with E-state index in [0.717, 1.165) is 31.5 Å². The van der Waals surface area contributed by atoms with E-state index in [1.54, 1.807) is 24.3 Å². The number of hydrogen-bond donors (Lipinski definition) is 0. The second-order valence-corrected chi connectivity index (χ2v) is 10.1. The Kier molecular flexibility index (Phi) is 5.58. The van der Waals surface area contributed by atoms with Crippen LogP contribution in [-0.4, -0.2) is 38.4 Å². The second-order valence-electron chi connectivity index (χ2n) is 7.86. The Morgan fingerprint density at radius 1 is 1.00 bits per heavy atom. The predicted molar refractivity (Wildman–Crippen MR) is 115 cm³/mol. The Morgan fingerprint density at radius 2 is 1.66 bits per heavy atom. The van der Waals surface area contributed by atoms with Crippen molar-refractivity contribution in [1.82, 2.24) is 4.90 Å². The number of hydrogen-bond acceptors (Lipinski definition) is 3. The number of rotatable bonds is 3. The van der Waals surface area contributed by atoms with Crippen LogP contribution in [0.1, 0.15) is 48.5 Å². The number of carbonyl (C=O) groups is 1. The normalized spacial score (nSPS) is 19.7. The summed E-state index contributed by atoms with van der Waals surface area (Å²) in [5.41, 5.74) is 2.19. The van der Waals surface area contributed by atoms with Crippen LogP contribution in [0.2, 0.25) is 5.02 Å². The first kappa shape index (κ1) is 20.2. The Bertz CT molecular complexity index is 1010. The molecule has 0 radical (unpaired) electrons. The Labute approximate surface area is 177 Å². The first-order valence-corrected chi connectivity index (χ1v) is 11.9. The highest BCUT2D eigenvalue weighted by atomic mass is 35.5. The van der Waals surface area contributed by atoms with Crippen LogP contribution in [0, 0.1) is 0 Å². The van der Waals surface area contributed by atoms with E-state index >= 15 is 0 Å². The van der Waals surface area contributed by atoms with E-state index in [9.17, 15) is 13.2 Å². The van der Waals surface area contributed by atoms with E-state index in [1.165, 1.54) is 29.3 Å². The van der Waals surface area contributed by atoms with E-state index in [-0.39, 0.29) is 16.8 Å². The molecule has 0 unspecified atom stereocenters. The molecule has 5 nitrogen and oxygen atoms in total. The zero-order chi connectivity index (χ0) is 20.6. The highest BCUT2D eigenvalue weighted by molar-refractivity contribution is 7.92. The van der Waals surface area contributed by atoms with Crippen LogP contribution in [0.15, 0.2) is 47.4 Å². The quantitative estimate of drug-likeness (QED) is 0.717. The molecule has 0 spiro atoms. The molecule has 4 rings (SSSR count). The van der Waals surface area contributed by atoms with E-state index < -0.39 is 10.0 Å². The molecule has 0 N–H and O–H groups in total. The van der Waals surface area contributed by atoms with Crippen LogP contribution in [0.4, 0.5) is 5.69 Å². The van der Waals surface area contributed by atoms with E-state index in [1.807, 2.05) is 17.9 Å². The fourth-order valence-electron chi connectivity index (χ4n) is 4.28. The van der Waals surface area contributed by atoms with Gasteiger partial charge in [0.25, 0.3) is 15.9 Å². The third-order valence-electron chi connectivity index (χ3n) is 5.74. The molecule has 2 heterocycles. The topological polar surface area (TPSA) is 57.7 Å². The van der Waals surface area contributed by atoms with Gasteiger partial charge in [-0.15, -0.1) is 0 Å². The van der Waals surface area contributed by atoms with Crippen LogP contribution < -0.4 is 4.31 Å². The van der Waals surface area contributed by atoms with Crippen LogP contribution >= 0.6 is 11.6 Å². The molecule has 2 aromatic carbocycles. The SMILES string of the molecule is C[C@@H]1Cc2cc(C(=O)N3CCCCCC3)ccc2N1S(=O)(=O)c1ccc(Cl)cc1. The molecule has 29 heavy (non-hydrogen) atoms. The van der Waals surface area contributed by atoms with Gasteiger partial charge in [-0.25, -0.2) is 8.42 Å². The molecule has 2 aromatic rings. The van der Waals surface area contributed by atoms with Crippen molar-refractivity contribution in [2.24, 2.45) is 0 Å². The number of likely N-dealkylation sites (tertiary alicyclic amines) is 1. The summed E-state index contributed by atoms with van der Waals surface area (Å²) in [6.45, 7) is 3.48. The van der Waals surface area contributed by atoms with Gasteiger partial charge in [0, 0.05) is 29.7 Å². The van der Waals surface area contributed by atoms with Gasteiger partial charge in [0.2, 0.25) is 0 Å². The first-order valence-electron chi connectivity index (χ1n) is 10.1. The molecular weight excluding hydrogens is 408 g/mol. The minimum absolute atomic E-state index is 0.0429. The first-order chi connectivity index (χ1) is 13.9. The van der Waals surface area contributed by atoms with E-state index in [2.05, 4.69) is 0 Å². The highest BCUT2D eigenvalue weighted by Crippen LogP contribution is 2.37. The van der Waals surface area contributed by atoms with Crippen molar-refractivity contribution in [1.29, 1.82) is 0 Å². The summed E-state index contributed by atoms with van der Waals surface area (Å²) < 4.78 is 27.9. The maximum Gasteiger partial charge on any atom is 0.264 e. The fourth-order valence-corrected chi connectivity index (χ4v) is 6.10. The largest absolute Gasteiger partial charge is 0.339 e. The summed E-state index contributed by atoms with van der Waals surface area (Å²) in [5.74, 6) is 0.0429. The number of nitrogens with zero attached hydrogens (tertiary/aromatic N) is 2. The maximum atomic E-state index is 13.2. The fraction of sp³-hybridized carbons (Fsp3) is 0.409. The van der Waals surface area contributed by atoms with Crippen molar-refractivity contribution in [2.75, 3.05) is 17.4 Å². The van der Waals surface area contributed by atoms with Gasteiger partial charge in [-0.3, -0.25) is 9.10 Å². The maximum absolute atomic E-state index is 13.2. The Morgan fingerprint density at radius 3 is 2.31 bits per heavy atom. The summed E-state index contributed by atoms with van der Waals surface area (Å²) in [7, 11) is -3.70. The molecule has 2 aliphatic rings. The lowest BCUT2D eigenvalue weighted by molar-refractivity contribution is 0.0761. The average molecular weight is 433 g/mol. The molecule has 1 fully saturated rings. The third-order valence-corrected chi connectivity index (χ3v) is 7.94. The van der Waals surface area contributed by atoms with Gasteiger partial charge < -0.3 is 4.90 Å². The van der Waals surface area contributed by atoms with Crippen molar-refractivity contribution < 1.29 is 13.2 Å². The molecular formula is C22H25ClN2O3S. The van der Waals surface area contributed by atoms with Gasteiger partial charge in [-0.1, -0.05) is 24.4 Å². The standard InChI is InChI=1S/C22H25ClN2O3S/c1-16-14-18-15-17(22(26)24-12-4-2-3-5-13-24)6-11-21(18)25(16)29(27,28)20-9-7-19(23)8-10-20/h6-11,15-16H,2-5,12-14H2,1H3/t16-/m1/s1. The molecule has 1 saturated heterocycles. The van der Waals surface area contributed by atoms with Crippen molar-refractivity contribution in [3.63, 3.8) is 0 Å². The summed E-state index contributed by atoms with van der Waals surface area (Å²) >= 11 is 5.91. The molecule has 0 saturated carbocycles. The van der Waals surface area contributed by atoms with Gasteiger partial charge in [0.1, 0.15) is 0 Å². The van der Waals surface area contributed by atoms with Crippen molar-refractivity contribution in [3.05, 3.63) is 58.6 Å². The molecule has 2 aliphatic heterocycles. The summed E-state index contributed by atoms with van der Waals surface area (Å²) in [4.78, 5) is 15.1. The number of anilines is 1. The molecule has 154 valence electrons. The van der Waals surface area contributed by atoms with E-state index in [0.29, 0.717) is 22.7 Å². The lowest BCUT2D eigenvalue weighted by Gasteiger charge is -2.25. The number of halogens is 1. The minimum Gasteiger partial charge on any atom is -0.339 e. The lowest BCUT2D eigenvalue weighted by Crippen LogP contribution is -2.35. The van der Waals surface area contributed by atoms with Crippen LogP contribution in [0.25, 0.3) is 0 Å². The number of carbonyl (C=O) groups excluding carboxylic acids is 1. The smallest absolute Gasteiger partial charge is 0.264 e. The number of sulfonamides is 1. The lowest BCUT2D eigenvalue weighted by atomic mass is 10.1. The second kappa shape index (κ2) is 8.00. The van der Waals surface area contributed by atoms with Gasteiger partial charge in [0.05, 0.1) is 10.6 Å². The summed E-state index contributed by atoms with van der Waals surface area (Å²) in [6, 6.07) is 11.4. The summed E-state index contributed by atoms with van der Waals surface area (Å²) in [5, 5.41) is 0.496. The average Bonchev–Trinajstić information content (AvgIpc) is 2.86. The minimum atomic E-state index is -3.70. The van der Waals surface area contributed by atoms with Crippen molar-refractivity contribution in [2.45, 2.75) is 50.0 Å². The van der Waals surface area contributed by atoms with Crippen molar-refractivity contribution >= 4 is 33.2 Å². The monoisotopic (exact) mass is 432 g/mol. The molecule has 7 heteroatoms. The van der Waals surface area contributed by atoms with Gasteiger partial charge >= 0.3 is 0 Å². The summed E-state index contributed by atoms with van der Waals surface area (Å²) in [6.07, 6.45) is 5.01. The highest BCUT2D eigenvalue weighted by Gasteiger charge is 2.36. The Hall–Kier alpha value is -2.05. The molecule has 0 aliphatic carbocycles. The Balaban J connectivity index is 1.64. The molecule has 1 amide bonds. The van der Waals surface area contributed by atoms with Gasteiger partial charge in [-0.2, -0.15) is 0 Å². The van der Waals surface area contributed by atoms with Gasteiger partial charge in [-0.05, 0) is 74.2 Å². The van der Waals surface area contributed by atoms with Crippen LogP contribution in [-0.2, 0) is 16.4 Å². The number of fused-ring (bicyclic) bond motifs is 1. The van der Waals surface area contributed by atoms with Crippen LogP contribution in [0.3, 0.4) is 0 Å².